The zero-order valence-corrected chi connectivity index (χ0v) is 11.8. The maximum Gasteiger partial charge on any atom is 0.00910 e. The molecular formula is C14H29N3. The molecule has 2 heterocycles. The first-order valence-electron chi connectivity index (χ1n) is 7.36. The summed E-state index contributed by atoms with van der Waals surface area (Å²) in [6.45, 7) is 11.2. The molecule has 0 amide bonds. The average Bonchev–Trinajstić information content (AvgIpc) is 2.79. The first kappa shape index (κ1) is 13.3. The van der Waals surface area contributed by atoms with Crippen LogP contribution in [0.1, 0.15) is 33.1 Å². The Kier molecular flexibility index (Phi) is 4.83. The van der Waals surface area contributed by atoms with Crippen molar-refractivity contribution in [1.82, 2.24) is 15.1 Å². The minimum atomic E-state index is 0.747. The molecule has 0 aromatic heterocycles. The van der Waals surface area contributed by atoms with Crippen molar-refractivity contribution in [2.24, 2.45) is 5.92 Å². The summed E-state index contributed by atoms with van der Waals surface area (Å²) >= 11 is 0. The van der Waals surface area contributed by atoms with Gasteiger partial charge in [0, 0.05) is 25.2 Å². The lowest BCUT2D eigenvalue weighted by Gasteiger charge is -2.39. The Morgan fingerprint density at radius 1 is 1.24 bits per heavy atom. The Morgan fingerprint density at radius 2 is 2.06 bits per heavy atom. The van der Waals surface area contributed by atoms with Gasteiger partial charge in [-0.15, -0.1) is 0 Å². The van der Waals surface area contributed by atoms with Crippen molar-refractivity contribution in [2.45, 2.75) is 45.2 Å². The molecule has 3 heteroatoms. The van der Waals surface area contributed by atoms with E-state index in [0.717, 1.165) is 18.0 Å². The van der Waals surface area contributed by atoms with E-state index < -0.39 is 0 Å². The van der Waals surface area contributed by atoms with Crippen LogP contribution in [0.5, 0.6) is 0 Å². The second-order valence-electron chi connectivity index (χ2n) is 5.90. The first-order chi connectivity index (χ1) is 8.22. The number of nitrogens with zero attached hydrogens (tertiary/aromatic N) is 2. The molecule has 0 bridgehead atoms. The number of likely N-dealkylation sites (tertiary alicyclic amines) is 2. The van der Waals surface area contributed by atoms with Gasteiger partial charge in [0.05, 0.1) is 0 Å². The third-order valence-electron chi connectivity index (χ3n) is 4.73. The van der Waals surface area contributed by atoms with Crippen LogP contribution in [0.25, 0.3) is 0 Å². The highest BCUT2D eigenvalue weighted by Crippen LogP contribution is 2.22. The Hall–Kier alpha value is -0.120. The number of nitrogens with one attached hydrogen (secondary N) is 1. The van der Waals surface area contributed by atoms with Crippen molar-refractivity contribution in [3.05, 3.63) is 0 Å². The van der Waals surface area contributed by atoms with Crippen molar-refractivity contribution in [1.29, 1.82) is 0 Å². The molecule has 0 aliphatic carbocycles. The highest BCUT2D eigenvalue weighted by atomic mass is 15.2. The predicted molar refractivity (Wildman–Crippen MR) is 73.3 cm³/mol. The Labute approximate surface area is 107 Å². The number of rotatable bonds is 4. The second-order valence-corrected chi connectivity index (χ2v) is 5.90. The van der Waals surface area contributed by atoms with E-state index in [-0.39, 0.29) is 0 Å². The largest absolute Gasteiger partial charge is 0.317 e. The van der Waals surface area contributed by atoms with E-state index in [1.165, 1.54) is 52.0 Å². The molecule has 1 N–H and O–H groups in total. The first-order valence-corrected chi connectivity index (χ1v) is 7.36. The second kappa shape index (κ2) is 6.17. The van der Waals surface area contributed by atoms with Gasteiger partial charge in [-0.2, -0.15) is 0 Å². The van der Waals surface area contributed by atoms with Gasteiger partial charge in [0.1, 0.15) is 0 Å². The van der Waals surface area contributed by atoms with Gasteiger partial charge in [0.2, 0.25) is 0 Å². The summed E-state index contributed by atoms with van der Waals surface area (Å²) in [5, 5.41) is 3.43. The van der Waals surface area contributed by atoms with Crippen LogP contribution in [-0.4, -0.2) is 61.7 Å². The van der Waals surface area contributed by atoms with Crippen LogP contribution in [-0.2, 0) is 0 Å². The molecule has 3 unspecified atom stereocenters. The minimum Gasteiger partial charge on any atom is -0.317 e. The predicted octanol–water partition coefficient (Wildman–Crippen LogP) is 1.40. The topological polar surface area (TPSA) is 18.5 Å². The SMILES string of the molecule is CCN1CCC(CN2CCC(NC)CC2C)C1. The molecule has 2 fully saturated rings. The zero-order valence-electron chi connectivity index (χ0n) is 11.8. The summed E-state index contributed by atoms with van der Waals surface area (Å²) in [6.07, 6.45) is 4.05. The molecule has 0 radical (unpaired) electrons. The van der Waals surface area contributed by atoms with Gasteiger partial charge < -0.3 is 15.1 Å². The van der Waals surface area contributed by atoms with Crippen molar-refractivity contribution < 1.29 is 0 Å². The summed E-state index contributed by atoms with van der Waals surface area (Å²) in [7, 11) is 2.10. The lowest BCUT2D eigenvalue weighted by molar-refractivity contribution is 0.118. The molecule has 2 aliphatic heterocycles. The summed E-state index contributed by atoms with van der Waals surface area (Å²) in [4.78, 5) is 5.31. The molecular weight excluding hydrogens is 210 g/mol. The Balaban J connectivity index is 1.76. The fourth-order valence-corrected chi connectivity index (χ4v) is 3.43. The lowest BCUT2D eigenvalue weighted by Crippen LogP contribution is -2.48. The zero-order chi connectivity index (χ0) is 12.3. The van der Waals surface area contributed by atoms with Gasteiger partial charge in [-0.1, -0.05) is 6.92 Å². The Morgan fingerprint density at radius 3 is 2.65 bits per heavy atom. The van der Waals surface area contributed by atoms with E-state index in [9.17, 15) is 0 Å². The third kappa shape index (κ3) is 3.43. The lowest BCUT2D eigenvalue weighted by atomic mass is 9.96. The molecule has 0 saturated carbocycles. The van der Waals surface area contributed by atoms with Crippen molar-refractivity contribution >= 4 is 0 Å². The monoisotopic (exact) mass is 239 g/mol. The van der Waals surface area contributed by atoms with E-state index in [4.69, 9.17) is 0 Å². The van der Waals surface area contributed by atoms with E-state index in [2.05, 4.69) is 36.0 Å². The van der Waals surface area contributed by atoms with Crippen LogP contribution in [0.3, 0.4) is 0 Å². The van der Waals surface area contributed by atoms with Crippen LogP contribution in [0.15, 0.2) is 0 Å². The average molecular weight is 239 g/mol. The Bertz CT molecular complexity index is 232. The summed E-state index contributed by atoms with van der Waals surface area (Å²) < 4.78 is 0. The van der Waals surface area contributed by atoms with Gasteiger partial charge in [0.25, 0.3) is 0 Å². The molecule has 0 aromatic rings. The number of hydrogen-bond acceptors (Lipinski definition) is 3. The fraction of sp³-hybridized carbons (Fsp3) is 1.00. The number of piperidine rings is 1. The number of hydrogen-bond donors (Lipinski definition) is 1. The van der Waals surface area contributed by atoms with Gasteiger partial charge in [-0.05, 0) is 58.8 Å². The van der Waals surface area contributed by atoms with Crippen LogP contribution < -0.4 is 5.32 Å². The molecule has 2 saturated heterocycles. The smallest absolute Gasteiger partial charge is 0.00910 e. The van der Waals surface area contributed by atoms with Crippen molar-refractivity contribution in [3.8, 4) is 0 Å². The molecule has 3 atom stereocenters. The van der Waals surface area contributed by atoms with Crippen LogP contribution >= 0.6 is 0 Å². The van der Waals surface area contributed by atoms with Gasteiger partial charge >= 0.3 is 0 Å². The van der Waals surface area contributed by atoms with E-state index in [1.54, 1.807) is 0 Å². The summed E-state index contributed by atoms with van der Waals surface area (Å²) in [6, 6.07) is 1.51. The molecule has 2 rings (SSSR count). The van der Waals surface area contributed by atoms with Gasteiger partial charge in [0.15, 0.2) is 0 Å². The third-order valence-corrected chi connectivity index (χ3v) is 4.73. The standard InChI is InChI=1S/C14H29N3/c1-4-16-7-5-13(10-16)11-17-8-6-14(15-3)9-12(17)2/h12-15H,4-11H2,1-3H3. The highest BCUT2D eigenvalue weighted by molar-refractivity contribution is 4.85. The molecule has 100 valence electrons. The minimum absolute atomic E-state index is 0.747. The van der Waals surface area contributed by atoms with Gasteiger partial charge in [-0.3, -0.25) is 0 Å². The molecule has 2 aliphatic rings. The molecule has 17 heavy (non-hydrogen) atoms. The molecule has 0 aromatic carbocycles. The van der Waals surface area contributed by atoms with E-state index >= 15 is 0 Å². The molecule has 3 nitrogen and oxygen atoms in total. The maximum atomic E-state index is 3.43. The summed E-state index contributed by atoms with van der Waals surface area (Å²) in [5.74, 6) is 0.920. The normalized spacial score (nSPS) is 36.5. The molecule has 0 spiro atoms. The highest BCUT2D eigenvalue weighted by Gasteiger charge is 2.28. The van der Waals surface area contributed by atoms with Crippen LogP contribution in [0.2, 0.25) is 0 Å². The van der Waals surface area contributed by atoms with Gasteiger partial charge in [-0.25, -0.2) is 0 Å². The van der Waals surface area contributed by atoms with E-state index in [1.807, 2.05) is 0 Å². The van der Waals surface area contributed by atoms with Crippen molar-refractivity contribution in [2.75, 3.05) is 39.8 Å². The van der Waals surface area contributed by atoms with E-state index in [0.29, 0.717) is 0 Å². The quantitative estimate of drug-likeness (QED) is 0.800. The van der Waals surface area contributed by atoms with Crippen LogP contribution in [0, 0.1) is 5.92 Å². The summed E-state index contributed by atoms with van der Waals surface area (Å²) in [5.41, 5.74) is 0. The maximum absolute atomic E-state index is 3.43. The van der Waals surface area contributed by atoms with Crippen LogP contribution in [0.4, 0.5) is 0 Å². The van der Waals surface area contributed by atoms with Crippen molar-refractivity contribution in [3.63, 3.8) is 0 Å². The fourth-order valence-electron chi connectivity index (χ4n) is 3.43.